The van der Waals surface area contributed by atoms with E-state index in [4.69, 9.17) is 5.26 Å². The Hall–Kier alpha value is -1.59. The van der Waals surface area contributed by atoms with Crippen molar-refractivity contribution >= 4 is 11.0 Å². The Balaban J connectivity index is 2.27. The second kappa shape index (κ2) is 5.07. The molecule has 0 aliphatic heterocycles. The smallest absolute Gasteiger partial charge is 0.404 e. The molecule has 1 aliphatic carbocycles. The molecule has 1 fully saturated rings. The molecule has 1 unspecified atom stereocenters. The zero-order chi connectivity index (χ0) is 15.0. The van der Waals surface area contributed by atoms with Crippen LogP contribution < -0.4 is 9.46 Å². The van der Waals surface area contributed by atoms with E-state index >= 15 is 0 Å². The van der Waals surface area contributed by atoms with Crippen molar-refractivity contribution in [2.45, 2.75) is 36.6 Å². The minimum absolute atomic E-state index is 0.130. The Labute approximate surface area is 116 Å². The minimum atomic E-state index is -4.86. The highest BCUT2D eigenvalue weighted by molar-refractivity contribution is 7.83. The lowest BCUT2D eigenvalue weighted by molar-refractivity contribution is -0.275. The zero-order valence-electron chi connectivity index (χ0n) is 10.5. The molecule has 1 aliphatic rings. The number of hydrogen-bond donors (Lipinski definition) is 1. The van der Waals surface area contributed by atoms with Gasteiger partial charge in [-0.3, -0.25) is 0 Å². The molecule has 0 aromatic heterocycles. The molecule has 0 radical (unpaired) electrons. The molecule has 0 bridgehead atoms. The number of nitrogens with one attached hydrogen (secondary N) is 1. The quantitative estimate of drug-likeness (QED) is 0.930. The van der Waals surface area contributed by atoms with Crippen molar-refractivity contribution < 1.29 is 22.1 Å². The molecule has 20 heavy (non-hydrogen) atoms. The van der Waals surface area contributed by atoms with E-state index in [1.54, 1.807) is 6.92 Å². The van der Waals surface area contributed by atoms with Crippen LogP contribution in [0.15, 0.2) is 23.1 Å². The maximum atomic E-state index is 12.3. The number of benzene rings is 1. The Morgan fingerprint density at radius 2 is 2.10 bits per heavy atom. The van der Waals surface area contributed by atoms with Crippen LogP contribution in [0.3, 0.4) is 0 Å². The molecule has 1 saturated carbocycles. The Morgan fingerprint density at radius 3 is 2.60 bits per heavy atom. The van der Waals surface area contributed by atoms with Gasteiger partial charge in [0.1, 0.15) is 22.3 Å². The van der Waals surface area contributed by atoms with Crippen molar-refractivity contribution in [3.63, 3.8) is 0 Å². The highest BCUT2D eigenvalue weighted by atomic mass is 32.2. The molecule has 0 amide bonds. The van der Waals surface area contributed by atoms with Crippen LogP contribution in [0, 0.1) is 18.3 Å². The summed E-state index contributed by atoms with van der Waals surface area (Å²) >= 11 is 0. The summed E-state index contributed by atoms with van der Waals surface area (Å²) in [5.74, 6) is -0.517. The highest BCUT2D eigenvalue weighted by Crippen LogP contribution is 2.37. The number of hydrogen-bond acceptors (Lipinski definition) is 3. The number of nitrogens with zero attached hydrogens (tertiary/aromatic N) is 1. The van der Waals surface area contributed by atoms with Gasteiger partial charge in [-0.05, 0) is 37.5 Å². The van der Waals surface area contributed by atoms with Crippen molar-refractivity contribution in [3.05, 3.63) is 23.8 Å². The van der Waals surface area contributed by atoms with Crippen LogP contribution in [0.5, 0.6) is 5.75 Å². The maximum absolute atomic E-state index is 12.3. The lowest BCUT2D eigenvalue weighted by Crippen LogP contribution is -2.32. The van der Waals surface area contributed by atoms with Crippen LogP contribution in [0.4, 0.5) is 13.2 Å². The number of halogens is 3. The molecule has 4 nitrogen and oxygen atoms in total. The number of aryl methyl sites for hydroxylation is 1. The summed E-state index contributed by atoms with van der Waals surface area (Å²) in [5, 5.41) is 8.89. The SMILES string of the molecule is Cc1ccc(S(=O)NC2(C#N)CC2)c(OC(F)(F)F)c1. The van der Waals surface area contributed by atoms with Gasteiger partial charge < -0.3 is 4.74 Å². The van der Waals surface area contributed by atoms with Crippen molar-refractivity contribution in [2.75, 3.05) is 0 Å². The molecule has 0 spiro atoms. The van der Waals surface area contributed by atoms with Crippen molar-refractivity contribution in [3.8, 4) is 11.8 Å². The third-order valence-corrected chi connectivity index (χ3v) is 4.09. The first kappa shape index (κ1) is 14.8. The maximum Gasteiger partial charge on any atom is 0.573 e. The van der Waals surface area contributed by atoms with Gasteiger partial charge in [-0.15, -0.1) is 13.2 Å². The highest BCUT2D eigenvalue weighted by Gasteiger charge is 2.45. The summed E-state index contributed by atoms with van der Waals surface area (Å²) in [6, 6.07) is 5.96. The van der Waals surface area contributed by atoms with E-state index in [1.807, 2.05) is 6.07 Å². The first-order valence-corrected chi connectivity index (χ1v) is 6.87. The normalized spacial score (nSPS) is 18.1. The lowest BCUT2D eigenvalue weighted by atomic mass is 10.2. The monoisotopic (exact) mass is 304 g/mol. The van der Waals surface area contributed by atoms with Crippen LogP contribution in [0.25, 0.3) is 0 Å². The molecule has 108 valence electrons. The van der Waals surface area contributed by atoms with Crippen LogP contribution in [0.2, 0.25) is 0 Å². The van der Waals surface area contributed by atoms with Gasteiger partial charge in [0.25, 0.3) is 0 Å². The molecule has 0 heterocycles. The van der Waals surface area contributed by atoms with Gasteiger partial charge in [0, 0.05) is 0 Å². The van der Waals surface area contributed by atoms with Crippen molar-refractivity contribution in [2.24, 2.45) is 0 Å². The standard InChI is InChI=1S/C12H11F3N2O2S/c1-8-2-3-10(9(6-8)19-12(13,14)15)20(18)17-11(7-16)4-5-11/h2-3,6,17H,4-5H2,1H3. The molecule has 1 atom stereocenters. The summed E-state index contributed by atoms with van der Waals surface area (Å²) in [6.07, 6.45) is -3.81. The average Bonchev–Trinajstić information content (AvgIpc) is 3.07. The number of ether oxygens (including phenoxy) is 1. The summed E-state index contributed by atoms with van der Waals surface area (Å²) in [4.78, 5) is -0.130. The van der Waals surface area contributed by atoms with Gasteiger partial charge in [0.05, 0.1) is 11.0 Å². The largest absolute Gasteiger partial charge is 0.573 e. The van der Waals surface area contributed by atoms with E-state index in [0.29, 0.717) is 18.4 Å². The van der Waals surface area contributed by atoms with Gasteiger partial charge in [-0.25, -0.2) is 8.93 Å². The predicted octanol–water partition coefficient (Wildman–Crippen LogP) is 2.56. The van der Waals surface area contributed by atoms with E-state index < -0.39 is 28.6 Å². The van der Waals surface area contributed by atoms with Gasteiger partial charge in [-0.2, -0.15) is 5.26 Å². The fraction of sp³-hybridized carbons (Fsp3) is 0.417. The molecule has 1 aromatic carbocycles. The molecule has 8 heteroatoms. The summed E-state index contributed by atoms with van der Waals surface area (Å²) in [5.41, 5.74) is -0.350. The molecular formula is C12H11F3N2O2S. The molecular weight excluding hydrogens is 293 g/mol. The van der Waals surface area contributed by atoms with E-state index in [1.165, 1.54) is 12.1 Å². The van der Waals surface area contributed by atoms with Crippen LogP contribution in [-0.2, 0) is 11.0 Å². The van der Waals surface area contributed by atoms with Crippen molar-refractivity contribution in [1.29, 1.82) is 5.26 Å². The van der Waals surface area contributed by atoms with E-state index in [-0.39, 0.29) is 4.90 Å². The summed E-state index contributed by atoms with van der Waals surface area (Å²) in [7, 11) is -1.94. The van der Waals surface area contributed by atoms with Gasteiger partial charge >= 0.3 is 6.36 Å². The van der Waals surface area contributed by atoms with Crippen LogP contribution >= 0.6 is 0 Å². The Bertz CT molecular complexity index is 591. The van der Waals surface area contributed by atoms with Gasteiger partial charge in [0.15, 0.2) is 0 Å². The number of alkyl halides is 3. The molecule has 2 rings (SSSR count). The van der Waals surface area contributed by atoms with Gasteiger partial charge in [0.2, 0.25) is 0 Å². The van der Waals surface area contributed by atoms with Crippen LogP contribution in [0.1, 0.15) is 18.4 Å². The minimum Gasteiger partial charge on any atom is -0.404 e. The number of rotatable bonds is 4. The molecule has 1 aromatic rings. The summed E-state index contributed by atoms with van der Waals surface area (Å²) < 4.78 is 55.5. The van der Waals surface area contributed by atoms with Gasteiger partial charge in [-0.1, -0.05) is 6.07 Å². The third kappa shape index (κ3) is 3.49. The molecule has 1 N–H and O–H groups in total. The van der Waals surface area contributed by atoms with E-state index in [9.17, 15) is 17.4 Å². The Kier molecular flexibility index (Phi) is 3.75. The van der Waals surface area contributed by atoms with Crippen molar-refractivity contribution in [1.82, 2.24) is 4.72 Å². The Morgan fingerprint density at radius 1 is 1.45 bits per heavy atom. The topological polar surface area (TPSA) is 62.1 Å². The number of nitriles is 1. The first-order valence-electron chi connectivity index (χ1n) is 5.72. The zero-order valence-corrected chi connectivity index (χ0v) is 11.3. The fourth-order valence-electron chi connectivity index (χ4n) is 1.57. The summed E-state index contributed by atoms with van der Waals surface area (Å²) in [6.45, 7) is 1.60. The third-order valence-electron chi connectivity index (χ3n) is 2.78. The second-order valence-corrected chi connectivity index (χ2v) is 5.74. The average molecular weight is 304 g/mol. The second-order valence-electron chi connectivity index (χ2n) is 4.56. The fourth-order valence-corrected chi connectivity index (χ4v) is 2.76. The van der Waals surface area contributed by atoms with E-state index in [2.05, 4.69) is 9.46 Å². The lowest BCUT2D eigenvalue weighted by Gasteiger charge is -2.15. The first-order chi connectivity index (χ1) is 9.25. The van der Waals surface area contributed by atoms with E-state index in [0.717, 1.165) is 6.07 Å². The predicted molar refractivity (Wildman–Crippen MR) is 65.0 cm³/mol. The van der Waals surface area contributed by atoms with Crippen LogP contribution in [-0.4, -0.2) is 16.1 Å². The molecule has 0 saturated heterocycles.